The Morgan fingerprint density at radius 2 is 1.90 bits per heavy atom. The molecule has 0 bridgehead atoms. The predicted octanol–water partition coefficient (Wildman–Crippen LogP) is 4.04. The molecule has 31 heavy (non-hydrogen) atoms. The van der Waals surface area contributed by atoms with E-state index >= 15 is 0 Å². The maximum absolute atomic E-state index is 13.2. The Labute approximate surface area is 188 Å². The number of ether oxygens (including phenoxy) is 1. The summed E-state index contributed by atoms with van der Waals surface area (Å²) in [5.74, 6) is 0.647. The topological polar surface area (TPSA) is 61.9 Å². The van der Waals surface area contributed by atoms with Gasteiger partial charge in [0, 0.05) is 30.1 Å². The third-order valence-corrected chi connectivity index (χ3v) is 6.34. The third-order valence-electron chi connectivity index (χ3n) is 6.10. The number of rotatable bonds is 7. The van der Waals surface area contributed by atoms with Crippen LogP contribution in [0.5, 0.6) is 5.75 Å². The minimum absolute atomic E-state index is 0.0202. The maximum Gasteiger partial charge on any atom is 0.253 e. The van der Waals surface area contributed by atoms with Crippen molar-refractivity contribution in [3.8, 4) is 5.75 Å². The standard InChI is InChI=1S/C24H28ClN3O3/c1-31-22-8-3-2-7-18(22)21(27-12-4-5-13-27)16-26-24(30)19-11-10-17(25)15-20(19)28-14-6-9-23(28)29/h2-3,7-8,10-11,15,21H,4-6,9,12-14,16H2,1H3,(H,26,30)/t21-/m0/s1. The molecule has 6 nitrogen and oxygen atoms in total. The summed E-state index contributed by atoms with van der Waals surface area (Å²) in [7, 11) is 1.67. The van der Waals surface area contributed by atoms with Crippen LogP contribution in [0.2, 0.25) is 5.02 Å². The molecule has 0 saturated carbocycles. The Morgan fingerprint density at radius 3 is 2.61 bits per heavy atom. The number of halogens is 1. The third kappa shape index (κ3) is 4.70. The highest BCUT2D eigenvalue weighted by atomic mass is 35.5. The van der Waals surface area contributed by atoms with Crippen molar-refractivity contribution in [2.45, 2.75) is 31.7 Å². The molecular formula is C24H28ClN3O3. The number of nitrogens with zero attached hydrogens (tertiary/aromatic N) is 2. The van der Waals surface area contributed by atoms with Gasteiger partial charge >= 0.3 is 0 Å². The lowest BCUT2D eigenvalue weighted by Gasteiger charge is -2.29. The SMILES string of the molecule is COc1ccccc1[C@H](CNC(=O)c1ccc(Cl)cc1N1CCCC1=O)N1CCCC1. The van der Waals surface area contributed by atoms with Crippen LogP contribution in [0.15, 0.2) is 42.5 Å². The molecule has 2 aliphatic heterocycles. The molecule has 1 atom stereocenters. The van der Waals surface area contributed by atoms with Gasteiger partial charge in [-0.05, 0) is 56.6 Å². The first kappa shape index (κ1) is 21.7. The molecule has 0 aliphatic carbocycles. The lowest BCUT2D eigenvalue weighted by Crippen LogP contribution is -2.37. The largest absolute Gasteiger partial charge is 0.496 e. The Balaban J connectivity index is 1.57. The smallest absolute Gasteiger partial charge is 0.253 e. The second-order valence-electron chi connectivity index (χ2n) is 8.02. The van der Waals surface area contributed by atoms with Gasteiger partial charge in [0.25, 0.3) is 5.91 Å². The number of para-hydroxylation sites is 1. The summed E-state index contributed by atoms with van der Waals surface area (Å²) in [6, 6.07) is 13.1. The molecule has 0 unspecified atom stereocenters. The molecule has 164 valence electrons. The zero-order valence-corrected chi connectivity index (χ0v) is 18.5. The Kier molecular flexibility index (Phi) is 6.78. The number of likely N-dealkylation sites (tertiary alicyclic amines) is 1. The van der Waals surface area contributed by atoms with Gasteiger partial charge in [0.05, 0.1) is 24.4 Å². The van der Waals surface area contributed by atoms with E-state index in [9.17, 15) is 9.59 Å². The summed E-state index contributed by atoms with van der Waals surface area (Å²) in [5.41, 5.74) is 2.13. The Hall–Kier alpha value is -2.57. The maximum atomic E-state index is 13.2. The molecule has 0 spiro atoms. The van der Waals surface area contributed by atoms with Crippen LogP contribution in [0, 0.1) is 0 Å². The number of hydrogen-bond acceptors (Lipinski definition) is 4. The van der Waals surface area contributed by atoms with Crippen LogP contribution in [-0.2, 0) is 4.79 Å². The molecule has 2 aromatic carbocycles. The van der Waals surface area contributed by atoms with E-state index < -0.39 is 0 Å². The lowest BCUT2D eigenvalue weighted by molar-refractivity contribution is -0.117. The molecule has 0 aromatic heterocycles. The average molecular weight is 442 g/mol. The predicted molar refractivity (Wildman–Crippen MR) is 122 cm³/mol. The van der Waals surface area contributed by atoms with Crippen molar-refractivity contribution in [1.82, 2.24) is 10.2 Å². The summed E-state index contributed by atoms with van der Waals surface area (Å²) in [6.07, 6.45) is 3.59. The molecule has 2 amide bonds. The van der Waals surface area contributed by atoms with E-state index in [0.717, 1.165) is 43.7 Å². The van der Waals surface area contributed by atoms with E-state index in [0.29, 0.717) is 35.8 Å². The van der Waals surface area contributed by atoms with E-state index in [1.165, 1.54) is 0 Å². The van der Waals surface area contributed by atoms with Crippen LogP contribution < -0.4 is 15.0 Å². The number of nitrogens with one attached hydrogen (secondary N) is 1. The van der Waals surface area contributed by atoms with Crippen LogP contribution in [0.3, 0.4) is 0 Å². The van der Waals surface area contributed by atoms with Crippen molar-refractivity contribution in [3.05, 3.63) is 58.6 Å². The molecule has 2 aliphatic rings. The van der Waals surface area contributed by atoms with E-state index in [1.54, 1.807) is 30.2 Å². The van der Waals surface area contributed by atoms with Crippen molar-refractivity contribution < 1.29 is 14.3 Å². The average Bonchev–Trinajstić information content (AvgIpc) is 3.46. The summed E-state index contributed by atoms with van der Waals surface area (Å²) in [6.45, 7) is 3.05. The number of methoxy groups -OCH3 is 1. The minimum atomic E-state index is -0.203. The second kappa shape index (κ2) is 9.71. The van der Waals surface area contributed by atoms with Crippen LogP contribution in [-0.4, -0.2) is 50.0 Å². The first-order valence-corrected chi connectivity index (χ1v) is 11.2. The fourth-order valence-electron chi connectivity index (χ4n) is 4.54. The molecule has 0 radical (unpaired) electrons. The summed E-state index contributed by atoms with van der Waals surface area (Å²) in [5, 5.41) is 3.62. The summed E-state index contributed by atoms with van der Waals surface area (Å²) < 4.78 is 5.59. The Bertz CT molecular complexity index is 959. The van der Waals surface area contributed by atoms with Gasteiger partial charge < -0.3 is 15.0 Å². The van der Waals surface area contributed by atoms with E-state index in [1.807, 2.05) is 18.2 Å². The Morgan fingerprint density at radius 1 is 1.13 bits per heavy atom. The molecular weight excluding hydrogens is 414 g/mol. The zero-order chi connectivity index (χ0) is 21.8. The van der Waals surface area contributed by atoms with Gasteiger partial charge in [-0.25, -0.2) is 0 Å². The number of carbonyl (C=O) groups excluding carboxylic acids is 2. The van der Waals surface area contributed by atoms with Crippen molar-refractivity contribution in [1.29, 1.82) is 0 Å². The van der Waals surface area contributed by atoms with Gasteiger partial charge in [-0.2, -0.15) is 0 Å². The molecule has 2 saturated heterocycles. The fourth-order valence-corrected chi connectivity index (χ4v) is 4.70. The highest BCUT2D eigenvalue weighted by Crippen LogP contribution is 2.32. The van der Waals surface area contributed by atoms with Gasteiger partial charge in [0.2, 0.25) is 5.91 Å². The zero-order valence-electron chi connectivity index (χ0n) is 17.8. The van der Waals surface area contributed by atoms with E-state index in [4.69, 9.17) is 16.3 Å². The first-order chi connectivity index (χ1) is 15.1. The van der Waals surface area contributed by atoms with Crippen LogP contribution in [0.1, 0.15) is 47.6 Å². The highest BCUT2D eigenvalue weighted by molar-refractivity contribution is 6.31. The number of hydrogen-bond donors (Lipinski definition) is 1. The van der Waals surface area contributed by atoms with Gasteiger partial charge in [0.15, 0.2) is 0 Å². The molecule has 2 fully saturated rings. The van der Waals surface area contributed by atoms with Crippen molar-refractivity contribution in [2.75, 3.05) is 38.2 Å². The first-order valence-electron chi connectivity index (χ1n) is 10.8. The van der Waals surface area contributed by atoms with E-state index in [2.05, 4.69) is 16.3 Å². The number of carbonyl (C=O) groups is 2. The van der Waals surface area contributed by atoms with Gasteiger partial charge in [-0.15, -0.1) is 0 Å². The quantitative estimate of drug-likeness (QED) is 0.704. The minimum Gasteiger partial charge on any atom is -0.496 e. The molecule has 2 heterocycles. The molecule has 1 N–H and O–H groups in total. The van der Waals surface area contributed by atoms with Crippen LogP contribution in [0.4, 0.5) is 5.69 Å². The van der Waals surface area contributed by atoms with Crippen LogP contribution >= 0.6 is 11.6 Å². The molecule has 4 rings (SSSR count). The molecule has 2 aromatic rings. The lowest BCUT2D eigenvalue weighted by atomic mass is 10.0. The monoisotopic (exact) mass is 441 g/mol. The second-order valence-corrected chi connectivity index (χ2v) is 8.46. The van der Waals surface area contributed by atoms with Crippen LogP contribution in [0.25, 0.3) is 0 Å². The number of amides is 2. The van der Waals surface area contributed by atoms with Gasteiger partial charge in [0.1, 0.15) is 5.75 Å². The van der Waals surface area contributed by atoms with Gasteiger partial charge in [-0.3, -0.25) is 14.5 Å². The van der Waals surface area contributed by atoms with E-state index in [-0.39, 0.29) is 17.9 Å². The molecule has 7 heteroatoms. The fraction of sp³-hybridized carbons (Fsp3) is 0.417. The van der Waals surface area contributed by atoms with Crippen molar-refractivity contribution in [3.63, 3.8) is 0 Å². The normalized spacial score (nSPS) is 17.7. The van der Waals surface area contributed by atoms with Crippen molar-refractivity contribution in [2.24, 2.45) is 0 Å². The summed E-state index contributed by atoms with van der Waals surface area (Å²) >= 11 is 6.18. The highest BCUT2D eigenvalue weighted by Gasteiger charge is 2.29. The van der Waals surface area contributed by atoms with Crippen molar-refractivity contribution >= 4 is 29.1 Å². The number of benzene rings is 2. The van der Waals surface area contributed by atoms with Gasteiger partial charge in [-0.1, -0.05) is 29.8 Å². The summed E-state index contributed by atoms with van der Waals surface area (Å²) in [4.78, 5) is 29.5. The number of anilines is 1.